The van der Waals surface area contributed by atoms with Gasteiger partial charge in [-0.3, -0.25) is 9.59 Å². The van der Waals surface area contributed by atoms with E-state index in [0.29, 0.717) is 18.5 Å². The lowest BCUT2D eigenvalue weighted by Gasteiger charge is -2.07. The molecule has 0 saturated heterocycles. The second-order valence-electron chi connectivity index (χ2n) is 3.33. The summed E-state index contributed by atoms with van der Waals surface area (Å²) >= 11 is 3.99. The number of thiol groups is 1. The summed E-state index contributed by atoms with van der Waals surface area (Å²) in [6.07, 6.45) is 0.428. The highest BCUT2D eigenvalue weighted by molar-refractivity contribution is 7.81. The van der Waals surface area contributed by atoms with Crippen LogP contribution < -0.4 is 11.1 Å². The van der Waals surface area contributed by atoms with Crippen LogP contribution in [0.5, 0.6) is 0 Å². The molecule has 0 spiro atoms. The van der Waals surface area contributed by atoms with Gasteiger partial charge in [0.25, 0.3) is 5.91 Å². The number of carbonyl (C=O) groups is 2. The molecule has 1 unspecified atom stereocenters. The van der Waals surface area contributed by atoms with Crippen molar-refractivity contribution < 1.29 is 9.59 Å². The maximum atomic E-state index is 11.5. The molecule has 16 heavy (non-hydrogen) atoms. The summed E-state index contributed by atoms with van der Waals surface area (Å²) in [6, 6.07) is 8.87. The average molecular weight is 238 g/mol. The van der Waals surface area contributed by atoms with Gasteiger partial charge in [0, 0.05) is 12.1 Å². The number of benzene rings is 1. The highest BCUT2D eigenvalue weighted by Crippen LogP contribution is 2.00. The SMILES string of the molecule is NC(=O)C(S)CCNC(=O)c1ccccc1. The third-order valence-electron chi connectivity index (χ3n) is 2.07. The molecule has 5 heteroatoms. The Hall–Kier alpha value is -1.49. The van der Waals surface area contributed by atoms with Crippen LogP contribution in [0, 0.1) is 0 Å². The summed E-state index contributed by atoms with van der Waals surface area (Å²) in [6.45, 7) is 0.380. The van der Waals surface area contributed by atoms with Crippen LogP contribution in [0.4, 0.5) is 0 Å². The zero-order valence-corrected chi connectivity index (χ0v) is 9.61. The largest absolute Gasteiger partial charge is 0.369 e. The first-order chi connectivity index (χ1) is 7.61. The summed E-state index contributed by atoms with van der Waals surface area (Å²) in [7, 11) is 0. The van der Waals surface area contributed by atoms with Crippen molar-refractivity contribution in [1.29, 1.82) is 0 Å². The highest BCUT2D eigenvalue weighted by atomic mass is 32.1. The molecule has 0 bridgehead atoms. The van der Waals surface area contributed by atoms with Gasteiger partial charge in [0.05, 0.1) is 5.25 Å². The molecule has 1 aromatic carbocycles. The molecular weight excluding hydrogens is 224 g/mol. The zero-order valence-electron chi connectivity index (χ0n) is 8.72. The van der Waals surface area contributed by atoms with Crippen LogP contribution in [0.1, 0.15) is 16.8 Å². The van der Waals surface area contributed by atoms with Crippen LogP contribution in [-0.2, 0) is 4.79 Å². The second-order valence-corrected chi connectivity index (χ2v) is 3.95. The molecule has 4 nitrogen and oxygen atoms in total. The molecule has 2 amide bonds. The smallest absolute Gasteiger partial charge is 0.251 e. The molecular formula is C11H14N2O2S. The van der Waals surface area contributed by atoms with Gasteiger partial charge in [-0.05, 0) is 18.6 Å². The number of hydrogen-bond donors (Lipinski definition) is 3. The van der Waals surface area contributed by atoms with Gasteiger partial charge in [-0.25, -0.2) is 0 Å². The van der Waals surface area contributed by atoms with Crippen molar-refractivity contribution >= 4 is 24.4 Å². The second kappa shape index (κ2) is 6.17. The van der Waals surface area contributed by atoms with Crippen molar-refractivity contribution in [3.8, 4) is 0 Å². The minimum absolute atomic E-state index is 0.161. The first-order valence-corrected chi connectivity index (χ1v) is 5.43. The van der Waals surface area contributed by atoms with Crippen LogP contribution in [0.3, 0.4) is 0 Å². The van der Waals surface area contributed by atoms with E-state index < -0.39 is 11.2 Å². The Bertz CT molecular complexity index is 368. The van der Waals surface area contributed by atoms with E-state index in [2.05, 4.69) is 17.9 Å². The predicted octanol–water partition coefficient (Wildman–Crippen LogP) is 0.590. The lowest BCUT2D eigenvalue weighted by molar-refractivity contribution is -0.117. The van der Waals surface area contributed by atoms with E-state index in [1.165, 1.54) is 0 Å². The molecule has 0 fully saturated rings. The van der Waals surface area contributed by atoms with E-state index in [1.54, 1.807) is 24.3 Å². The number of hydrogen-bond acceptors (Lipinski definition) is 3. The Balaban J connectivity index is 2.34. The summed E-state index contributed by atoms with van der Waals surface area (Å²) in [5.74, 6) is -0.636. The van der Waals surface area contributed by atoms with Crippen molar-refractivity contribution in [2.45, 2.75) is 11.7 Å². The molecule has 1 aromatic rings. The highest BCUT2D eigenvalue weighted by Gasteiger charge is 2.10. The van der Waals surface area contributed by atoms with Crippen LogP contribution in [0.25, 0.3) is 0 Å². The minimum atomic E-state index is -0.518. The first kappa shape index (κ1) is 12.6. The van der Waals surface area contributed by atoms with E-state index in [0.717, 1.165) is 0 Å². The molecule has 0 radical (unpaired) electrons. The Kier molecular flexibility index (Phi) is 4.85. The average Bonchev–Trinajstić information content (AvgIpc) is 2.29. The lowest BCUT2D eigenvalue weighted by atomic mass is 10.2. The van der Waals surface area contributed by atoms with Gasteiger partial charge in [0.15, 0.2) is 0 Å². The number of nitrogens with one attached hydrogen (secondary N) is 1. The van der Waals surface area contributed by atoms with Gasteiger partial charge in [0.1, 0.15) is 0 Å². The van der Waals surface area contributed by atoms with Gasteiger partial charge >= 0.3 is 0 Å². The van der Waals surface area contributed by atoms with Gasteiger partial charge in [0.2, 0.25) is 5.91 Å². The Morgan fingerprint density at radius 2 is 1.94 bits per heavy atom. The zero-order chi connectivity index (χ0) is 12.0. The summed E-state index contributed by atoms with van der Waals surface area (Å²) in [5, 5.41) is 2.17. The third kappa shape index (κ3) is 3.94. The Morgan fingerprint density at radius 3 is 2.50 bits per heavy atom. The maximum Gasteiger partial charge on any atom is 0.251 e. The van der Waals surface area contributed by atoms with E-state index in [-0.39, 0.29) is 5.91 Å². The monoisotopic (exact) mass is 238 g/mol. The normalized spacial score (nSPS) is 11.8. The van der Waals surface area contributed by atoms with E-state index in [4.69, 9.17) is 5.73 Å². The maximum absolute atomic E-state index is 11.5. The summed E-state index contributed by atoms with van der Waals surface area (Å²) in [4.78, 5) is 22.2. The standard InChI is InChI=1S/C11H14N2O2S/c12-10(14)9(16)6-7-13-11(15)8-4-2-1-3-5-8/h1-5,9,16H,6-7H2,(H2,12,14)(H,13,15). The number of carbonyl (C=O) groups excluding carboxylic acids is 2. The molecule has 0 aromatic heterocycles. The number of rotatable bonds is 5. The molecule has 0 saturated carbocycles. The van der Waals surface area contributed by atoms with Crippen molar-refractivity contribution in [3.63, 3.8) is 0 Å². The Labute approximate surface area is 99.6 Å². The van der Waals surface area contributed by atoms with Crippen molar-refractivity contribution in [2.24, 2.45) is 5.73 Å². The molecule has 0 aliphatic heterocycles. The van der Waals surface area contributed by atoms with Crippen LogP contribution in [0.15, 0.2) is 30.3 Å². The molecule has 0 aliphatic carbocycles. The Morgan fingerprint density at radius 1 is 1.31 bits per heavy atom. The topological polar surface area (TPSA) is 72.2 Å². The van der Waals surface area contributed by atoms with Gasteiger partial charge in [-0.15, -0.1) is 0 Å². The summed E-state index contributed by atoms with van der Waals surface area (Å²) in [5.41, 5.74) is 5.63. The van der Waals surface area contributed by atoms with Crippen molar-refractivity contribution in [1.82, 2.24) is 5.32 Å². The fourth-order valence-corrected chi connectivity index (χ4v) is 1.29. The molecule has 1 rings (SSSR count). The molecule has 86 valence electrons. The fraction of sp³-hybridized carbons (Fsp3) is 0.273. The first-order valence-electron chi connectivity index (χ1n) is 4.92. The quantitative estimate of drug-likeness (QED) is 0.657. The molecule has 0 aliphatic rings. The minimum Gasteiger partial charge on any atom is -0.369 e. The molecule has 3 N–H and O–H groups in total. The predicted molar refractivity (Wildman–Crippen MR) is 65.4 cm³/mol. The van der Waals surface area contributed by atoms with E-state index in [1.807, 2.05) is 6.07 Å². The van der Waals surface area contributed by atoms with Crippen LogP contribution >= 0.6 is 12.6 Å². The number of primary amides is 1. The molecule has 0 heterocycles. The van der Waals surface area contributed by atoms with Gasteiger partial charge in [-0.2, -0.15) is 12.6 Å². The van der Waals surface area contributed by atoms with Crippen LogP contribution in [-0.4, -0.2) is 23.6 Å². The molecule has 1 atom stereocenters. The lowest BCUT2D eigenvalue weighted by Crippen LogP contribution is -2.30. The fourth-order valence-electron chi connectivity index (χ4n) is 1.16. The third-order valence-corrected chi connectivity index (χ3v) is 2.58. The van der Waals surface area contributed by atoms with E-state index >= 15 is 0 Å². The van der Waals surface area contributed by atoms with Crippen molar-refractivity contribution in [3.05, 3.63) is 35.9 Å². The van der Waals surface area contributed by atoms with Crippen molar-refractivity contribution in [2.75, 3.05) is 6.54 Å². The number of nitrogens with two attached hydrogens (primary N) is 1. The number of amides is 2. The van der Waals surface area contributed by atoms with Gasteiger partial charge in [-0.1, -0.05) is 18.2 Å². The van der Waals surface area contributed by atoms with E-state index in [9.17, 15) is 9.59 Å². The van der Waals surface area contributed by atoms with Crippen LogP contribution in [0.2, 0.25) is 0 Å². The van der Waals surface area contributed by atoms with Gasteiger partial charge < -0.3 is 11.1 Å². The summed E-state index contributed by atoms with van der Waals surface area (Å²) < 4.78 is 0.